The molecule has 114 valence electrons. The summed E-state index contributed by atoms with van der Waals surface area (Å²) < 4.78 is 15.8. The Balaban J connectivity index is 2.08. The Hall–Kier alpha value is -1.79. The summed E-state index contributed by atoms with van der Waals surface area (Å²) in [5.41, 5.74) is 0.245. The Morgan fingerprint density at radius 3 is 2.76 bits per heavy atom. The maximum absolute atomic E-state index is 12.0. The summed E-state index contributed by atoms with van der Waals surface area (Å²) in [6, 6.07) is 2.99. The third-order valence-corrected chi connectivity index (χ3v) is 3.32. The molecule has 1 fully saturated rings. The molecule has 0 aliphatic carbocycles. The Bertz CT molecular complexity index is 528. The largest absolute Gasteiger partial charge is 0.493 e. The normalized spacial score (nSPS) is 14.7. The first-order valence-electron chi connectivity index (χ1n) is 6.46. The summed E-state index contributed by atoms with van der Waals surface area (Å²) in [5, 5.41) is 0.362. The summed E-state index contributed by atoms with van der Waals surface area (Å²) in [6.07, 6.45) is 0.614. The molecule has 0 atom stereocenters. The predicted molar refractivity (Wildman–Crippen MR) is 76.3 cm³/mol. The van der Waals surface area contributed by atoms with E-state index < -0.39 is 0 Å². The van der Waals surface area contributed by atoms with Crippen molar-refractivity contribution in [3.8, 4) is 11.5 Å². The molecule has 0 bridgehead atoms. The van der Waals surface area contributed by atoms with Crippen molar-refractivity contribution in [2.45, 2.75) is 0 Å². The number of aldehydes is 1. The minimum absolute atomic E-state index is 0.160. The lowest BCUT2D eigenvalue weighted by Gasteiger charge is -2.26. The molecule has 2 rings (SSSR count). The fraction of sp³-hybridized carbons (Fsp3) is 0.429. The van der Waals surface area contributed by atoms with Crippen LogP contribution in [0.5, 0.6) is 11.5 Å². The molecular weight excluding hydrogens is 298 g/mol. The number of nitrogens with zero attached hydrogens (tertiary/aromatic N) is 1. The van der Waals surface area contributed by atoms with Gasteiger partial charge in [-0.1, -0.05) is 11.6 Å². The van der Waals surface area contributed by atoms with Gasteiger partial charge in [-0.2, -0.15) is 0 Å². The molecule has 7 heteroatoms. The van der Waals surface area contributed by atoms with Crippen LogP contribution in [0, 0.1) is 0 Å². The third kappa shape index (κ3) is 3.86. The maximum Gasteiger partial charge on any atom is 0.260 e. The first-order valence-corrected chi connectivity index (χ1v) is 6.84. The van der Waals surface area contributed by atoms with Gasteiger partial charge in [-0.15, -0.1) is 0 Å². The van der Waals surface area contributed by atoms with Crippen LogP contribution in [0.25, 0.3) is 0 Å². The zero-order chi connectivity index (χ0) is 15.2. The van der Waals surface area contributed by atoms with Crippen molar-refractivity contribution >= 4 is 23.8 Å². The minimum Gasteiger partial charge on any atom is -0.493 e. The lowest BCUT2D eigenvalue weighted by atomic mass is 10.2. The second-order valence-electron chi connectivity index (χ2n) is 4.43. The van der Waals surface area contributed by atoms with E-state index in [1.54, 1.807) is 4.90 Å². The van der Waals surface area contributed by atoms with E-state index in [0.29, 0.717) is 43.4 Å². The number of carbonyl (C=O) groups is 2. The van der Waals surface area contributed by atoms with E-state index in [2.05, 4.69) is 0 Å². The topological polar surface area (TPSA) is 65.1 Å². The van der Waals surface area contributed by atoms with Gasteiger partial charge in [-0.3, -0.25) is 9.59 Å². The fourth-order valence-corrected chi connectivity index (χ4v) is 2.24. The number of halogens is 1. The van der Waals surface area contributed by atoms with E-state index in [1.807, 2.05) is 0 Å². The van der Waals surface area contributed by atoms with Crippen molar-refractivity contribution in [1.82, 2.24) is 4.90 Å². The van der Waals surface area contributed by atoms with Gasteiger partial charge in [0.05, 0.1) is 25.9 Å². The zero-order valence-corrected chi connectivity index (χ0v) is 12.4. The molecule has 1 aromatic rings. The van der Waals surface area contributed by atoms with Crippen LogP contribution >= 0.6 is 11.6 Å². The van der Waals surface area contributed by atoms with E-state index in [9.17, 15) is 9.59 Å². The van der Waals surface area contributed by atoms with Gasteiger partial charge < -0.3 is 19.1 Å². The van der Waals surface area contributed by atoms with Crippen LogP contribution in [0.1, 0.15) is 10.4 Å². The molecule has 0 N–H and O–H groups in total. The van der Waals surface area contributed by atoms with Gasteiger partial charge >= 0.3 is 0 Å². The molecule has 6 nitrogen and oxygen atoms in total. The van der Waals surface area contributed by atoms with Crippen LogP contribution in [0.15, 0.2) is 12.1 Å². The van der Waals surface area contributed by atoms with E-state index in [4.69, 9.17) is 25.8 Å². The minimum atomic E-state index is -0.168. The molecule has 0 aromatic heterocycles. The Kier molecular flexibility index (Phi) is 5.41. The van der Waals surface area contributed by atoms with Gasteiger partial charge in [0.15, 0.2) is 24.4 Å². The van der Waals surface area contributed by atoms with E-state index in [-0.39, 0.29) is 23.8 Å². The van der Waals surface area contributed by atoms with Gasteiger partial charge in [0.1, 0.15) is 0 Å². The number of hydrogen-bond acceptors (Lipinski definition) is 5. The van der Waals surface area contributed by atoms with Crippen molar-refractivity contribution in [2.75, 3.05) is 40.0 Å². The van der Waals surface area contributed by atoms with Gasteiger partial charge in [0.25, 0.3) is 5.91 Å². The summed E-state index contributed by atoms with van der Waals surface area (Å²) >= 11 is 5.88. The number of morpholine rings is 1. The highest BCUT2D eigenvalue weighted by molar-refractivity contribution is 6.31. The van der Waals surface area contributed by atoms with Crippen LogP contribution in [0.4, 0.5) is 0 Å². The van der Waals surface area contributed by atoms with E-state index in [0.717, 1.165) is 0 Å². The molecule has 0 saturated carbocycles. The number of benzene rings is 1. The van der Waals surface area contributed by atoms with Gasteiger partial charge in [-0.05, 0) is 6.07 Å². The number of rotatable bonds is 5. The van der Waals surface area contributed by atoms with Crippen LogP contribution in [-0.2, 0) is 9.53 Å². The van der Waals surface area contributed by atoms with Gasteiger partial charge in [-0.25, -0.2) is 0 Å². The monoisotopic (exact) mass is 313 g/mol. The highest BCUT2D eigenvalue weighted by Gasteiger charge is 2.19. The lowest BCUT2D eigenvalue weighted by molar-refractivity contribution is -0.137. The molecule has 0 spiro atoms. The van der Waals surface area contributed by atoms with Crippen molar-refractivity contribution in [3.05, 3.63) is 22.7 Å². The number of hydrogen-bond donors (Lipinski definition) is 0. The molecule has 1 aliphatic heterocycles. The average Bonchev–Trinajstić information content (AvgIpc) is 2.53. The van der Waals surface area contributed by atoms with Crippen molar-refractivity contribution in [2.24, 2.45) is 0 Å². The van der Waals surface area contributed by atoms with Gasteiger partial charge in [0, 0.05) is 24.2 Å². The number of methoxy groups -OCH3 is 1. The van der Waals surface area contributed by atoms with E-state index >= 15 is 0 Å². The Morgan fingerprint density at radius 1 is 1.43 bits per heavy atom. The summed E-state index contributed by atoms with van der Waals surface area (Å²) in [7, 11) is 1.44. The third-order valence-electron chi connectivity index (χ3n) is 3.10. The molecule has 1 aromatic carbocycles. The second-order valence-corrected chi connectivity index (χ2v) is 4.86. The fourth-order valence-electron chi connectivity index (χ4n) is 2.02. The lowest BCUT2D eigenvalue weighted by Crippen LogP contribution is -2.43. The van der Waals surface area contributed by atoms with Crippen LogP contribution < -0.4 is 9.47 Å². The van der Waals surface area contributed by atoms with Gasteiger partial charge in [0.2, 0.25) is 0 Å². The highest BCUT2D eigenvalue weighted by atomic mass is 35.5. The molecule has 1 amide bonds. The summed E-state index contributed by atoms with van der Waals surface area (Å²) in [5.74, 6) is 0.380. The quantitative estimate of drug-likeness (QED) is 0.769. The maximum atomic E-state index is 12.0. The zero-order valence-electron chi connectivity index (χ0n) is 11.6. The number of amides is 1. The molecule has 1 saturated heterocycles. The summed E-state index contributed by atoms with van der Waals surface area (Å²) in [4.78, 5) is 24.8. The number of ether oxygens (including phenoxy) is 3. The van der Waals surface area contributed by atoms with Crippen LogP contribution in [0.2, 0.25) is 5.02 Å². The molecule has 1 aliphatic rings. The van der Waals surface area contributed by atoms with Crippen molar-refractivity contribution in [1.29, 1.82) is 0 Å². The summed E-state index contributed by atoms with van der Waals surface area (Å²) in [6.45, 7) is 1.96. The van der Waals surface area contributed by atoms with E-state index in [1.165, 1.54) is 19.2 Å². The first-order chi connectivity index (χ1) is 10.2. The molecule has 21 heavy (non-hydrogen) atoms. The Morgan fingerprint density at radius 2 is 2.14 bits per heavy atom. The Labute approximate surface area is 127 Å². The molecule has 0 unspecified atom stereocenters. The molecule has 1 heterocycles. The SMILES string of the molecule is COc1cc(Cl)cc(C=O)c1OCC(=O)N1CCOCC1. The average molecular weight is 314 g/mol. The molecule has 0 radical (unpaired) electrons. The smallest absolute Gasteiger partial charge is 0.260 e. The highest BCUT2D eigenvalue weighted by Crippen LogP contribution is 2.33. The standard InChI is InChI=1S/C14H16ClNO5/c1-19-12-7-11(15)6-10(8-17)14(12)21-9-13(18)16-2-4-20-5-3-16/h6-8H,2-5,9H2,1H3. The molecular formula is C14H16ClNO5. The predicted octanol–water partition coefficient (Wildman–Crippen LogP) is 1.40. The van der Waals surface area contributed by atoms with Crippen molar-refractivity contribution < 1.29 is 23.8 Å². The van der Waals surface area contributed by atoms with Crippen LogP contribution in [0.3, 0.4) is 0 Å². The number of carbonyl (C=O) groups excluding carboxylic acids is 2. The van der Waals surface area contributed by atoms with Crippen molar-refractivity contribution in [3.63, 3.8) is 0 Å². The van der Waals surface area contributed by atoms with Crippen LogP contribution in [-0.4, -0.2) is 57.1 Å². The second kappa shape index (κ2) is 7.28. The first kappa shape index (κ1) is 15.6.